The molecule has 9 heteroatoms. The average molecular weight is 466 g/mol. The quantitative estimate of drug-likeness (QED) is 0.383. The maximum absolute atomic E-state index is 13.0. The number of rotatable bonds is 6. The Bertz CT molecular complexity index is 1520. The Morgan fingerprint density at radius 1 is 1.11 bits per heavy atom. The predicted molar refractivity (Wildman–Crippen MR) is 132 cm³/mol. The van der Waals surface area contributed by atoms with Gasteiger partial charge in [-0.1, -0.05) is 12.1 Å². The molecule has 9 nitrogen and oxygen atoms in total. The van der Waals surface area contributed by atoms with Gasteiger partial charge in [0.15, 0.2) is 17.4 Å². The number of aromatic amines is 1. The van der Waals surface area contributed by atoms with Gasteiger partial charge >= 0.3 is 0 Å². The largest absolute Gasteiger partial charge is 0.488 e. The van der Waals surface area contributed by atoms with Crippen molar-refractivity contribution in [2.45, 2.75) is 13.0 Å². The van der Waals surface area contributed by atoms with Gasteiger partial charge in [0.1, 0.15) is 12.3 Å². The van der Waals surface area contributed by atoms with Gasteiger partial charge in [0, 0.05) is 49.2 Å². The maximum Gasteiger partial charge on any atom is 0.188 e. The molecule has 6 rings (SSSR count). The van der Waals surface area contributed by atoms with Crippen LogP contribution in [-0.2, 0) is 13.0 Å². The number of hydrogen-bond acceptors (Lipinski definition) is 7. The van der Waals surface area contributed by atoms with E-state index < -0.39 is 0 Å². The van der Waals surface area contributed by atoms with Crippen LogP contribution in [0.1, 0.15) is 21.6 Å². The summed E-state index contributed by atoms with van der Waals surface area (Å²) in [5.41, 5.74) is 5.05. The normalized spacial score (nSPS) is 13.0. The highest BCUT2D eigenvalue weighted by atomic mass is 16.5. The van der Waals surface area contributed by atoms with Crippen LogP contribution < -0.4 is 9.64 Å². The molecule has 5 aromatic rings. The monoisotopic (exact) mass is 465 g/mol. The first-order valence-corrected chi connectivity index (χ1v) is 11.4. The summed E-state index contributed by atoms with van der Waals surface area (Å²) >= 11 is 0. The Morgan fingerprint density at radius 3 is 2.94 bits per heavy atom. The minimum atomic E-state index is -0.0585. The van der Waals surface area contributed by atoms with Crippen molar-refractivity contribution in [3.05, 3.63) is 84.2 Å². The molecule has 0 radical (unpaired) electrons. The maximum atomic E-state index is 13.0. The number of anilines is 1. The SMILES string of the molecule is CN1CCOc2cc(-c3ccc4c(C(=O)Cc5cnn(Cc6cccnc6)c5)n[nH]c4c3)cnc21. The van der Waals surface area contributed by atoms with Crippen molar-refractivity contribution >= 4 is 22.5 Å². The van der Waals surface area contributed by atoms with E-state index in [1.807, 2.05) is 66.7 Å². The lowest BCUT2D eigenvalue weighted by Gasteiger charge is -2.26. The van der Waals surface area contributed by atoms with E-state index in [4.69, 9.17) is 4.74 Å². The summed E-state index contributed by atoms with van der Waals surface area (Å²) in [5.74, 6) is 1.57. The Hall–Kier alpha value is -4.53. The van der Waals surface area contributed by atoms with Crippen molar-refractivity contribution in [3.8, 4) is 16.9 Å². The summed E-state index contributed by atoms with van der Waals surface area (Å²) in [7, 11) is 2.01. The topological polar surface area (TPSA) is 102 Å². The number of carbonyl (C=O) groups excluding carboxylic acids is 1. The molecule has 1 aliphatic rings. The first kappa shape index (κ1) is 21.0. The number of pyridine rings is 2. The fourth-order valence-electron chi connectivity index (χ4n) is 4.33. The number of ether oxygens (including phenoxy) is 1. The fraction of sp³-hybridized carbons (Fsp3) is 0.192. The van der Waals surface area contributed by atoms with Crippen LogP contribution in [0.25, 0.3) is 22.0 Å². The Labute approximate surface area is 201 Å². The highest BCUT2D eigenvalue weighted by molar-refractivity contribution is 6.07. The zero-order valence-corrected chi connectivity index (χ0v) is 19.2. The molecule has 4 aromatic heterocycles. The molecule has 0 saturated heterocycles. The summed E-state index contributed by atoms with van der Waals surface area (Å²) in [6.45, 7) is 2.07. The molecule has 5 heterocycles. The molecular formula is C26H23N7O2. The Balaban J connectivity index is 1.21. The van der Waals surface area contributed by atoms with Crippen LogP contribution in [0.2, 0.25) is 0 Å². The molecule has 1 aliphatic heterocycles. The van der Waals surface area contributed by atoms with Crippen molar-refractivity contribution in [3.63, 3.8) is 0 Å². The van der Waals surface area contributed by atoms with E-state index in [9.17, 15) is 4.79 Å². The van der Waals surface area contributed by atoms with E-state index >= 15 is 0 Å². The number of aromatic nitrogens is 6. The smallest absolute Gasteiger partial charge is 0.188 e. The first-order valence-electron chi connectivity index (χ1n) is 11.4. The number of likely N-dealkylation sites (N-methyl/N-ethyl adjacent to an activating group) is 1. The number of fused-ring (bicyclic) bond motifs is 2. The third-order valence-corrected chi connectivity index (χ3v) is 6.16. The van der Waals surface area contributed by atoms with Crippen LogP contribution in [-0.4, -0.2) is 55.9 Å². The lowest BCUT2D eigenvalue weighted by Crippen LogP contribution is -2.29. The zero-order chi connectivity index (χ0) is 23.8. The molecule has 0 fully saturated rings. The summed E-state index contributed by atoms with van der Waals surface area (Å²) < 4.78 is 7.60. The lowest BCUT2D eigenvalue weighted by molar-refractivity contribution is 0.0989. The third kappa shape index (κ3) is 4.12. The van der Waals surface area contributed by atoms with Crippen LogP contribution >= 0.6 is 0 Å². The van der Waals surface area contributed by atoms with E-state index in [2.05, 4.69) is 30.2 Å². The van der Waals surface area contributed by atoms with Crippen molar-refractivity contribution in [2.75, 3.05) is 25.1 Å². The number of nitrogens with one attached hydrogen (secondary N) is 1. The van der Waals surface area contributed by atoms with Crippen LogP contribution in [0.5, 0.6) is 5.75 Å². The van der Waals surface area contributed by atoms with Gasteiger partial charge in [-0.2, -0.15) is 10.2 Å². The highest BCUT2D eigenvalue weighted by Crippen LogP contribution is 2.33. The summed E-state index contributed by atoms with van der Waals surface area (Å²) in [5, 5.41) is 12.5. The lowest BCUT2D eigenvalue weighted by atomic mass is 10.0. The van der Waals surface area contributed by atoms with Gasteiger partial charge in [0.05, 0.1) is 24.8 Å². The molecule has 1 N–H and O–H groups in total. The van der Waals surface area contributed by atoms with Gasteiger partial charge in [-0.15, -0.1) is 0 Å². The molecule has 0 bridgehead atoms. The number of benzene rings is 1. The van der Waals surface area contributed by atoms with Crippen LogP contribution in [0, 0.1) is 0 Å². The van der Waals surface area contributed by atoms with Gasteiger partial charge < -0.3 is 9.64 Å². The molecule has 0 atom stereocenters. The minimum Gasteiger partial charge on any atom is -0.488 e. The molecule has 0 amide bonds. The second-order valence-electron chi connectivity index (χ2n) is 8.66. The summed E-state index contributed by atoms with van der Waals surface area (Å²) in [6.07, 6.45) is 9.24. The molecule has 0 unspecified atom stereocenters. The standard InChI is InChI=1S/C26H23N7O2/c1-32-7-8-35-24-11-20(14-28-26(24)32)19-4-5-21-22(10-19)30-31-25(21)23(34)9-18-13-29-33(16-18)15-17-3-2-6-27-12-17/h2-6,10-14,16H,7-9,15H2,1H3,(H,30,31). The van der Waals surface area contributed by atoms with Crippen molar-refractivity contribution in [1.29, 1.82) is 0 Å². The van der Waals surface area contributed by atoms with E-state index in [-0.39, 0.29) is 12.2 Å². The summed E-state index contributed by atoms with van der Waals surface area (Å²) in [6, 6.07) is 11.8. The Kier molecular flexibility index (Phi) is 5.21. The van der Waals surface area contributed by atoms with Crippen LogP contribution in [0.4, 0.5) is 5.82 Å². The molecule has 1 aromatic carbocycles. The number of nitrogens with zero attached hydrogens (tertiary/aromatic N) is 6. The molecule has 0 saturated carbocycles. The Morgan fingerprint density at radius 2 is 2.06 bits per heavy atom. The molecule has 174 valence electrons. The molecule has 0 aliphatic carbocycles. The fourth-order valence-corrected chi connectivity index (χ4v) is 4.33. The number of Topliss-reactive ketones (excluding diaryl/α,β-unsaturated/α-hetero) is 1. The van der Waals surface area contributed by atoms with E-state index in [0.29, 0.717) is 18.8 Å². The van der Waals surface area contributed by atoms with Crippen molar-refractivity contribution < 1.29 is 9.53 Å². The summed E-state index contributed by atoms with van der Waals surface area (Å²) in [4.78, 5) is 23.8. The van der Waals surface area contributed by atoms with Gasteiger partial charge in [-0.05, 0) is 41.0 Å². The van der Waals surface area contributed by atoms with Gasteiger partial charge in [-0.25, -0.2) is 4.98 Å². The van der Waals surface area contributed by atoms with E-state index in [1.165, 1.54) is 0 Å². The van der Waals surface area contributed by atoms with Crippen molar-refractivity contribution in [1.82, 2.24) is 29.9 Å². The van der Waals surface area contributed by atoms with Crippen molar-refractivity contribution in [2.24, 2.45) is 0 Å². The molecular weight excluding hydrogens is 442 g/mol. The average Bonchev–Trinajstić information content (AvgIpc) is 3.51. The van der Waals surface area contributed by atoms with E-state index in [1.54, 1.807) is 12.4 Å². The number of hydrogen-bond donors (Lipinski definition) is 1. The van der Waals surface area contributed by atoms with Gasteiger partial charge in [0.25, 0.3) is 0 Å². The zero-order valence-electron chi connectivity index (χ0n) is 19.2. The predicted octanol–water partition coefficient (Wildman–Crippen LogP) is 3.52. The number of ketones is 1. The minimum absolute atomic E-state index is 0.0585. The second kappa shape index (κ2) is 8.68. The highest BCUT2D eigenvalue weighted by Gasteiger charge is 2.19. The second-order valence-corrected chi connectivity index (χ2v) is 8.66. The van der Waals surface area contributed by atoms with Gasteiger partial charge in [0.2, 0.25) is 0 Å². The van der Waals surface area contributed by atoms with Crippen LogP contribution in [0.15, 0.2) is 67.4 Å². The molecule has 0 spiro atoms. The number of carbonyl (C=O) groups is 1. The van der Waals surface area contributed by atoms with Gasteiger partial charge in [-0.3, -0.25) is 19.6 Å². The van der Waals surface area contributed by atoms with Crippen LogP contribution in [0.3, 0.4) is 0 Å². The molecule has 35 heavy (non-hydrogen) atoms. The third-order valence-electron chi connectivity index (χ3n) is 6.16. The van der Waals surface area contributed by atoms with E-state index in [0.717, 1.165) is 51.3 Å². The number of H-pyrrole nitrogens is 1. The first-order chi connectivity index (χ1) is 17.1.